The molecule has 4 aromatic rings. The van der Waals surface area contributed by atoms with Crippen molar-refractivity contribution < 1.29 is 9.21 Å². The van der Waals surface area contributed by atoms with E-state index in [4.69, 9.17) is 9.40 Å². The highest BCUT2D eigenvalue weighted by molar-refractivity contribution is 5.92. The second-order valence-electron chi connectivity index (χ2n) is 9.27. The van der Waals surface area contributed by atoms with Crippen LogP contribution in [0.5, 0.6) is 0 Å². The first kappa shape index (κ1) is 23.4. The number of piperazine rings is 1. The molecule has 0 radical (unpaired) electrons. The van der Waals surface area contributed by atoms with Crippen molar-refractivity contribution in [2.45, 2.75) is 25.8 Å². The molecule has 36 heavy (non-hydrogen) atoms. The standard InChI is InChI=1S/C30H28N4O2/c1-21(2)26-18-24(22-10-5-3-6-11-22)25(19-31)29(32-26)33-15-16-34(30(35)28-14-9-17-36-28)27(20-33)23-12-7-4-8-13-23/h3-14,17-18,21,27H,15-16,20H2,1-2H3. The Kier molecular flexibility index (Phi) is 6.55. The van der Waals surface area contributed by atoms with Crippen molar-refractivity contribution in [1.29, 1.82) is 5.26 Å². The largest absolute Gasteiger partial charge is 0.459 e. The molecule has 0 N–H and O–H groups in total. The first-order valence-electron chi connectivity index (χ1n) is 12.2. The molecule has 180 valence electrons. The molecule has 6 heteroatoms. The number of carbonyl (C=O) groups excluding carboxylic acids is 1. The summed E-state index contributed by atoms with van der Waals surface area (Å²) >= 11 is 0. The van der Waals surface area contributed by atoms with Gasteiger partial charge in [0.25, 0.3) is 5.91 Å². The fraction of sp³-hybridized carbons (Fsp3) is 0.233. The third-order valence-electron chi connectivity index (χ3n) is 6.67. The molecule has 1 amide bonds. The number of carbonyl (C=O) groups is 1. The van der Waals surface area contributed by atoms with Crippen LogP contribution in [0.4, 0.5) is 5.82 Å². The molecular formula is C30H28N4O2. The number of hydrogen-bond acceptors (Lipinski definition) is 5. The number of amides is 1. The van der Waals surface area contributed by atoms with Crippen LogP contribution in [0.15, 0.2) is 89.5 Å². The predicted octanol–water partition coefficient (Wildman–Crippen LogP) is 6.04. The zero-order valence-electron chi connectivity index (χ0n) is 20.5. The van der Waals surface area contributed by atoms with Gasteiger partial charge in [0.2, 0.25) is 0 Å². The van der Waals surface area contributed by atoms with Gasteiger partial charge >= 0.3 is 0 Å². The van der Waals surface area contributed by atoms with Gasteiger partial charge in [0, 0.05) is 30.9 Å². The third-order valence-corrected chi connectivity index (χ3v) is 6.67. The Morgan fingerprint density at radius 3 is 2.39 bits per heavy atom. The highest BCUT2D eigenvalue weighted by Gasteiger charge is 2.35. The Hall–Kier alpha value is -4.37. The Labute approximate surface area is 211 Å². The molecule has 1 aliphatic heterocycles. The van der Waals surface area contributed by atoms with E-state index in [0.717, 1.165) is 22.4 Å². The fourth-order valence-corrected chi connectivity index (χ4v) is 4.75. The first-order valence-corrected chi connectivity index (χ1v) is 12.2. The quantitative estimate of drug-likeness (QED) is 0.351. The number of pyridine rings is 1. The molecule has 1 atom stereocenters. The highest BCUT2D eigenvalue weighted by atomic mass is 16.3. The minimum absolute atomic E-state index is 0.136. The molecule has 2 aromatic carbocycles. The van der Waals surface area contributed by atoms with E-state index in [-0.39, 0.29) is 17.9 Å². The molecular weight excluding hydrogens is 448 g/mol. The second kappa shape index (κ2) is 10.1. The van der Waals surface area contributed by atoms with E-state index < -0.39 is 0 Å². The summed E-state index contributed by atoms with van der Waals surface area (Å²) in [5, 5.41) is 10.3. The number of anilines is 1. The SMILES string of the molecule is CC(C)c1cc(-c2ccccc2)c(C#N)c(N2CCN(C(=O)c3ccco3)C(c3ccccc3)C2)n1. The maximum absolute atomic E-state index is 13.3. The highest BCUT2D eigenvalue weighted by Crippen LogP contribution is 2.36. The van der Waals surface area contributed by atoms with Crippen LogP contribution < -0.4 is 4.90 Å². The van der Waals surface area contributed by atoms with Crippen LogP contribution in [0.1, 0.15) is 53.2 Å². The summed E-state index contributed by atoms with van der Waals surface area (Å²) in [4.78, 5) is 22.3. The van der Waals surface area contributed by atoms with E-state index >= 15 is 0 Å². The topological polar surface area (TPSA) is 73.4 Å². The number of aromatic nitrogens is 1. The molecule has 3 heterocycles. The van der Waals surface area contributed by atoms with Gasteiger partial charge in [-0.05, 0) is 35.2 Å². The maximum Gasteiger partial charge on any atom is 0.290 e. The Balaban J connectivity index is 1.58. The Bertz CT molecular complexity index is 1380. The van der Waals surface area contributed by atoms with Crippen molar-refractivity contribution in [3.8, 4) is 17.2 Å². The molecule has 1 unspecified atom stereocenters. The van der Waals surface area contributed by atoms with Gasteiger partial charge in [0.15, 0.2) is 5.76 Å². The normalized spacial score (nSPS) is 15.7. The summed E-state index contributed by atoms with van der Waals surface area (Å²) in [5.74, 6) is 1.07. The number of rotatable bonds is 5. The van der Waals surface area contributed by atoms with Crippen LogP contribution in [-0.2, 0) is 0 Å². The molecule has 1 saturated heterocycles. The lowest BCUT2D eigenvalue weighted by Gasteiger charge is -2.42. The van der Waals surface area contributed by atoms with E-state index in [1.54, 1.807) is 12.1 Å². The van der Waals surface area contributed by atoms with Gasteiger partial charge in [0.1, 0.15) is 17.5 Å². The Morgan fingerprint density at radius 2 is 1.75 bits per heavy atom. The summed E-state index contributed by atoms with van der Waals surface area (Å²) in [6, 6.07) is 27.7. The van der Waals surface area contributed by atoms with Gasteiger partial charge in [0.05, 0.1) is 12.3 Å². The minimum Gasteiger partial charge on any atom is -0.459 e. The van der Waals surface area contributed by atoms with Crippen molar-refractivity contribution in [3.05, 3.63) is 108 Å². The van der Waals surface area contributed by atoms with Gasteiger partial charge < -0.3 is 14.2 Å². The van der Waals surface area contributed by atoms with Crippen LogP contribution in [0.3, 0.4) is 0 Å². The van der Waals surface area contributed by atoms with Gasteiger partial charge in [-0.1, -0.05) is 74.5 Å². The van der Waals surface area contributed by atoms with Gasteiger partial charge in [-0.15, -0.1) is 0 Å². The molecule has 1 fully saturated rings. The summed E-state index contributed by atoms with van der Waals surface area (Å²) in [6.07, 6.45) is 1.52. The number of nitriles is 1. The summed E-state index contributed by atoms with van der Waals surface area (Å²) in [5.41, 5.74) is 4.41. The second-order valence-corrected chi connectivity index (χ2v) is 9.27. The van der Waals surface area contributed by atoms with Crippen molar-refractivity contribution in [2.75, 3.05) is 24.5 Å². The van der Waals surface area contributed by atoms with Crippen LogP contribution in [0.2, 0.25) is 0 Å². The molecule has 5 rings (SSSR count). The van der Waals surface area contributed by atoms with E-state index in [1.807, 2.05) is 71.6 Å². The van der Waals surface area contributed by atoms with E-state index in [0.29, 0.717) is 36.8 Å². The predicted molar refractivity (Wildman–Crippen MR) is 140 cm³/mol. The minimum atomic E-state index is -0.214. The lowest BCUT2D eigenvalue weighted by atomic mass is 9.96. The lowest BCUT2D eigenvalue weighted by Crippen LogP contribution is -2.51. The number of benzene rings is 2. The third kappa shape index (κ3) is 4.48. The monoisotopic (exact) mass is 476 g/mol. The lowest BCUT2D eigenvalue weighted by molar-refractivity contribution is 0.0621. The smallest absolute Gasteiger partial charge is 0.290 e. The van der Waals surface area contributed by atoms with Crippen molar-refractivity contribution >= 4 is 11.7 Å². The zero-order chi connectivity index (χ0) is 25.1. The maximum atomic E-state index is 13.3. The van der Waals surface area contributed by atoms with Crippen LogP contribution >= 0.6 is 0 Å². The van der Waals surface area contributed by atoms with Gasteiger partial charge in [-0.3, -0.25) is 4.79 Å². The first-order chi connectivity index (χ1) is 17.6. The summed E-state index contributed by atoms with van der Waals surface area (Å²) in [6.45, 7) is 5.79. The van der Waals surface area contributed by atoms with Crippen LogP contribution in [0, 0.1) is 11.3 Å². The van der Waals surface area contributed by atoms with Crippen molar-refractivity contribution in [2.24, 2.45) is 0 Å². The molecule has 0 bridgehead atoms. The zero-order valence-corrected chi connectivity index (χ0v) is 20.5. The van der Waals surface area contributed by atoms with Crippen LogP contribution in [-0.4, -0.2) is 35.4 Å². The van der Waals surface area contributed by atoms with Gasteiger partial charge in [-0.2, -0.15) is 5.26 Å². The van der Waals surface area contributed by atoms with E-state index in [9.17, 15) is 10.1 Å². The van der Waals surface area contributed by atoms with Gasteiger partial charge in [-0.25, -0.2) is 4.98 Å². The van der Waals surface area contributed by atoms with Crippen molar-refractivity contribution in [3.63, 3.8) is 0 Å². The molecule has 0 aliphatic carbocycles. The number of furan rings is 1. The Morgan fingerprint density at radius 1 is 1.03 bits per heavy atom. The van der Waals surface area contributed by atoms with E-state index in [1.165, 1.54) is 6.26 Å². The molecule has 2 aromatic heterocycles. The average molecular weight is 477 g/mol. The average Bonchev–Trinajstić information content (AvgIpc) is 3.48. The van der Waals surface area contributed by atoms with Crippen LogP contribution in [0.25, 0.3) is 11.1 Å². The molecule has 0 saturated carbocycles. The molecule has 1 aliphatic rings. The van der Waals surface area contributed by atoms with E-state index in [2.05, 4.69) is 24.8 Å². The van der Waals surface area contributed by atoms with Crippen molar-refractivity contribution in [1.82, 2.24) is 9.88 Å². The summed E-state index contributed by atoms with van der Waals surface area (Å²) in [7, 11) is 0. The fourth-order valence-electron chi connectivity index (χ4n) is 4.75. The molecule has 0 spiro atoms. The number of nitrogens with zero attached hydrogens (tertiary/aromatic N) is 4. The number of hydrogen-bond donors (Lipinski definition) is 0. The summed E-state index contributed by atoms with van der Waals surface area (Å²) < 4.78 is 5.43. The molecule has 6 nitrogen and oxygen atoms in total.